The van der Waals surface area contributed by atoms with Crippen LogP contribution < -0.4 is 11.1 Å². The maximum absolute atomic E-state index is 12.4. The van der Waals surface area contributed by atoms with Gasteiger partial charge in [0.1, 0.15) is 11.6 Å². The predicted molar refractivity (Wildman–Crippen MR) is 73.8 cm³/mol. The van der Waals surface area contributed by atoms with Crippen molar-refractivity contribution in [3.63, 3.8) is 0 Å². The molecule has 0 bridgehead atoms. The highest BCUT2D eigenvalue weighted by molar-refractivity contribution is 5.91. The van der Waals surface area contributed by atoms with Crippen LogP contribution in [0.15, 0.2) is 0 Å². The van der Waals surface area contributed by atoms with Crippen molar-refractivity contribution >= 4 is 17.9 Å². The standard InChI is InChI=1S/C13H22N4O4/c1-13(2,3)21-11(19)9-5-4-6-16-12(20)15-7-8(14)10(18)17(9)16/h8-9H,4-7,14H2,1-3H3,(H,15,20)/t8-,9-/m0/s1. The summed E-state index contributed by atoms with van der Waals surface area (Å²) in [5, 5.41) is 5.01. The molecule has 3 N–H and O–H groups in total. The normalized spacial score (nSPS) is 26.9. The number of carbonyl (C=O) groups excluding carboxylic acids is 3. The first-order chi connectivity index (χ1) is 9.70. The zero-order chi connectivity index (χ0) is 15.8. The number of carbonyl (C=O) groups is 3. The molecular weight excluding hydrogens is 276 g/mol. The molecule has 3 amide bonds. The van der Waals surface area contributed by atoms with Gasteiger partial charge in [-0.3, -0.25) is 4.79 Å². The van der Waals surface area contributed by atoms with E-state index >= 15 is 0 Å². The third-order valence-electron chi connectivity index (χ3n) is 3.33. The summed E-state index contributed by atoms with van der Waals surface area (Å²) in [4.78, 5) is 36.7. The van der Waals surface area contributed by atoms with E-state index in [1.165, 1.54) is 10.0 Å². The fourth-order valence-corrected chi connectivity index (χ4v) is 2.44. The Hall–Kier alpha value is -1.83. The molecule has 8 nitrogen and oxygen atoms in total. The molecular formula is C13H22N4O4. The molecule has 21 heavy (non-hydrogen) atoms. The summed E-state index contributed by atoms with van der Waals surface area (Å²) in [7, 11) is 0. The Labute approximate surface area is 123 Å². The minimum absolute atomic E-state index is 0.0612. The highest BCUT2D eigenvalue weighted by Crippen LogP contribution is 2.23. The first kappa shape index (κ1) is 15.6. The summed E-state index contributed by atoms with van der Waals surface area (Å²) >= 11 is 0. The quantitative estimate of drug-likeness (QED) is 0.640. The van der Waals surface area contributed by atoms with Crippen molar-refractivity contribution < 1.29 is 19.1 Å². The van der Waals surface area contributed by atoms with Crippen LogP contribution in [0.5, 0.6) is 0 Å². The predicted octanol–water partition coefficient (Wildman–Crippen LogP) is -0.413. The van der Waals surface area contributed by atoms with E-state index in [0.29, 0.717) is 19.4 Å². The molecule has 2 saturated heterocycles. The number of hydrazine groups is 1. The molecule has 118 valence electrons. The third kappa shape index (κ3) is 3.26. The lowest BCUT2D eigenvalue weighted by atomic mass is 10.1. The number of fused-ring (bicyclic) bond motifs is 1. The second kappa shape index (κ2) is 5.51. The second-order valence-electron chi connectivity index (χ2n) is 6.29. The topological polar surface area (TPSA) is 105 Å². The van der Waals surface area contributed by atoms with Crippen molar-refractivity contribution in [2.75, 3.05) is 13.1 Å². The molecule has 8 heteroatoms. The summed E-state index contributed by atoms with van der Waals surface area (Å²) in [5.41, 5.74) is 5.10. The van der Waals surface area contributed by atoms with Gasteiger partial charge in [0, 0.05) is 13.1 Å². The van der Waals surface area contributed by atoms with Crippen LogP contribution in [0.1, 0.15) is 33.6 Å². The molecule has 2 heterocycles. The Morgan fingerprint density at radius 2 is 2.05 bits per heavy atom. The Kier molecular flexibility index (Phi) is 4.08. The Bertz CT molecular complexity index is 460. The maximum Gasteiger partial charge on any atom is 0.336 e. The molecule has 0 saturated carbocycles. The zero-order valence-corrected chi connectivity index (χ0v) is 12.6. The lowest BCUT2D eigenvalue weighted by Crippen LogP contribution is -2.62. The van der Waals surface area contributed by atoms with E-state index in [1.807, 2.05) is 0 Å². The highest BCUT2D eigenvalue weighted by atomic mass is 16.6. The van der Waals surface area contributed by atoms with Gasteiger partial charge in [-0.25, -0.2) is 19.6 Å². The van der Waals surface area contributed by atoms with Crippen LogP contribution in [0.4, 0.5) is 4.79 Å². The molecule has 0 aromatic rings. The van der Waals surface area contributed by atoms with Crippen LogP contribution in [0.3, 0.4) is 0 Å². The number of nitrogens with two attached hydrogens (primary N) is 1. The van der Waals surface area contributed by atoms with Gasteiger partial charge in [0.25, 0.3) is 5.91 Å². The fraction of sp³-hybridized carbons (Fsp3) is 0.769. The molecule has 2 rings (SSSR count). The van der Waals surface area contributed by atoms with Crippen LogP contribution in [-0.2, 0) is 14.3 Å². The van der Waals surface area contributed by atoms with Crippen LogP contribution in [0, 0.1) is 0 Å². The van der Waals surface area contributed by atoms with Gasteiger partial charge in [0.15, 0.2) is 6.04 Å². The van der Waals surface area contributed by atoms with Crippen molar-refractivity contribution in [1.82, 2.24) is 15.3 Å². The second-order valence-corrected chi connectivity index (χ2v) is 6.29. The van der Waals surface area contributed by atoms with Crippen LogP contribution in [0.25, 0.3) is 0 Å². The monoisotopic (exact) mass is 298 g/mol. The smallest absolute Gasteiger partial charge is 0.336 e. The summed E-state index contributed by atoms with van der Waals surface area (Å²) in [6, 6.07) is -2.08. The molecule has 0 aliphatic carbocycles. The van der Waals surface area contributed by atoms with Gasteiger partial charge in [-0.2, -0.15) is 0 Å². The number of esters is 1. The Morgan fingerprint density at radius 1 is 1.38 bits per heavy atom. The fourth-order valence-electron chi connectivity index (χ4n) is 2.44. The third-order valence-corrected chi connectivity index (χ3v) is 3.33. The van der Waals surface area contributed by atoms with Gasteiger partial charge >= 0.3 is 12.0 Å². The lowest BCUT2D eigenvalue weighted by Gasteiger charge is -2.42. The van der Waals surface area contributed by atoms with E-state index in [4.69, 9.17) is 10.5 Å². The molecule has 0 aromatic carbocycles. The largest absolute Gasteiger partial charge is 0.458 e. The van der Waals surface area contributed by atoms with Gasteiger partial charge in [-0.1, -0.05) is 0 Å². The van der Waals surface area contributed by atoms with E-state index in [9.17, 15) is 14.4 Å². The van der Waals surface area contributed by atoms with E-state index < -0.39 is 35.6 Å². The first-order valence-electron chi connectivity index (χ1n) is 7.07. The molecule has 0 unspecified atom stereocenters. The van der Waals surface area contributed by atoms with Crippen molar-refractivity contribution in [3.05, 3.63) is 0 Å². The zero-order valence-electron chi connectivity index (χ0n) is 12.6. The molecule has 2 atom stereocenters. The molecule has 0 aromatic heterocycles. The van der Waals surface area contributed by atoms with E-state index in [0.717, 1.165) is 0 Å². The summed E-state index contributed by atoms with van der Waals surface area (Å²) in [6.07, 6.45) is 1.08. The maximum atomic E-state index is 12.4. The minimum Gasteiger partial charge on any atom is -0.458 e. The van der Waals surface area contributed by atoms with Crippen LogP contribution in [-0.4, -0.2) is 58.7 Å². The van der Waals surface area contributed by atoms with E-state index in [1.54, 1.807) is 20.8 Å². The Balaban J connectivity index is 2.27. The molecule has 2 aliphatic heterocycles. The molecule has 2 fully saturated rings. The van der Waals surface area contributed by atoms with Gasteiger partial charge in [0.05, 0.1) is 0 Å². The first-order valence-corrected chi connectivity index (χ1v) is 7.07. The SMILES string of the molecule is CC(C)(C)OC(=O)[C@@H]1CCCN2C(=O)NC[C@H](N)C(=O)N12. The molecule has 0 spiro atoms. The van der Waals surface area contributed by atoms with Gasteiger partial charge in [-0.15, -0.1) is 0 Å². The number of ether oxygens (including phenoxy) is 1. The van der Waals surface area contributed by atoms with Gasteiger partial charge in [0.2, 0.25) is 0 Å². The number of nitrogens with zero attached hydrogens (tertiary/aromatic N) is 2. The average Bonchev–Trinajstić information content (AvgIpc) is 2.50. The van der Waals surface area contributed by atoms with Crippen molar-refractivity contribution in [2.24, 2.45) is 5.73 Å². The van der Waals surface area contributed by atoms with E-state index in [2.05, 4.69) is 5.32 Å². The van der Waals surface area contributed by atoms with Crippen molar-refractivity contribution in [2.45, 2.75) is 51.3 Å². The number of nitrogens with one attached hydrogen (secondary N) is 1. The van der Waals surface area contributed by atoms with Crippen LogP contribution in [0.2, 0.25) is 0 Å². The van der Waals surface area contributed by atoms with Gasteiger partial charge < -0.3 is 15.8 Å². The van der Waals surface area contributed by atoms with Crippen molar-refractivity contribution in [1.29, 1.82) is 0 Å². The lowest BCUT2D eigenvalue weighted by molar-refractivity contribution is -0.178. The summed E-state index contributed by atoms with van der Waals surface area (Å²) < 4.78 is 5.35. The summed E-state index contributed by atoms with van der Waals surface area (Å²) in [6.45, 7) is 5.71. The number of amides is 3. The number of hydrogen-bond acceptors (Lipinski definition) is 5. The Morgan fingerprint density at radius 3 is 2.67 bits per heavy atom. The van der Waals surface area contributed by atoms with Gasteiger partial charge in [-0.05, 0) is 33.6 Å². The molecule has 0 radical (unpaired) electrons. The van der Waals surface area contributed by atoms with E-state index in [-0.39, 0.29) is 6.54 Å². The average molecular weight is 298 g/mol. The molecule has 2 aliphatic rings. The highest BCUT2D eigenvalue weighted by Gasteiger charge is 2.44. The number of hydrogen-bond donors (Lipinski definition) is 2. The van der Waals surface area contributed by atoms with Crippen LogP contribution >= 0.6 is 0 Å². The summed E-state index contributed by atoms with van der Waals surface area (Å²) in [5.74, 6) is -0.952. The number of urea groups is 1. The van der Waals surface area contributed by atoms with Crippen molar-refractivity contribution in [3.8, 4) is 0 Å². The minimum atomic E-state index is -0.859. The number of rotatable bonds is 1.